The molecule has 9 heavy (non-hydrogen) atoms. The molecule has 0 atom stereocenters. The molecular formula is C7H11O2. The van der Waals surface area contributed by atoms with Crippen molar-refractivity contribution < 1.29 is 9.53 Å². The van der Waals surface area contributed by atoms with Crippen LogP contribution in [0.15, 0.2) is 5.57 Å². The van der Waals surface area contributed by atoms with Crippen LogP contribution >= 0.6 is 0 Å². The van der Waals surface area contributed by atoms with Crippen LogP contribution in [0.25, 0.3) is 0 Å². The second-order valence-corrected chi connectivity index (χ2v) is 1.79. The Labute approximate surface area is 55.5 Å². The SMILES string of the molecule is [CH2]CCOCC(C)=C=O. The molecule has 0 N–H and O–H groups in total. The molecule has 0 spiro atoms. The van der Waals surface area contributed by atoms with Crippen molar-refractivity contribution in [2.75, 3.05) is 13.2 Å². The Morgan fingerprint density at radius 2 is 2.44 bits per heavy atom. The van der Waals surface area contributed by atoms with Gasteiger partial charge in [0.2, 0.25) is 0 Å². The molecule has 2 nitrogen and oxygen atoms in total. The van der Waals surface area contributed by atoms with Crippen molar-refractivity contribution >= 4 is 5.94 Å². The summed E-state index contributed by atoms with van der Waals surface area (Å²) in [5.41, 5.74) is 0.600. The van der Waals surface area contributed by atoms with Crippen molar-refractivity contribution in [3.8, 4) is 0 Å². The van der Waals surface area contributed by atoms with Crippen molar-refractivity contribution in [1.29, 1.82) is 0 Å². The zero-order valence-electron chi connectivity index (χ0n) is 5.64. The zero-order chi connectivity index (χ0) is 7.11. The lowest BCUT2D eigenvalue weighted by molar-refractivity contribution is 0.161. The van der Waals surface area contributed by atoms with Crippen LogP contribution in [0.4, 0.5) is 0 Å². The van der Waals surface area contributed by atoms with Gasteiger partial charge < -0.3 is 4.74 Å². The van der Waals surface area contributed by atoms with Gasteiger partial charge in [0.1, 0.15) is 5.94 Å². The van der Waals surface area contributed by atoms with E-state index in [2.05, 4.69) is 6.92 Å². The molecule has 0 unspecified atom stereocenters. The summed E-state index contributed by atoms with van der Waals surface area (Å²) < 4.78 is 4.97. The summed E-state index contributed by atoms with van der Waals surface area (Å²) in [4.78, 5) is 9.84. The van der Waals surface area contributed by atoms with Gasteiger partial charge in [0.05, 0.1) is 6.61 Å². The predicted molar refractivity (Wildman–Crippen MR) is 35.7 cm³/mol. The largest absolute Gasteiger partial charge is 0.376 e. The first-order valence-corrected chi connectivity index (χ1v) is 2.89. The van der Waals surface area contributed by atoms with Gasteiger partial charge in [0, 0.05) is 12.2 Å². The maximum atomic E-state index is 9.84. The Morgan fingerprint density at radius 3 is 2.89 bits per heavy atom. The Bertz CT molecular complexity index is 112. The van der Waals surface area contributed by atoms with Gasteiger partial charge in [-0.3, -0.25) is 0 Å². The second-order valence-electron chi connectivity index (χ2n) is 1.79. The highest BCUT2D eigenvalue weighted by molar-refractivity contribution is 5.51. The van der Waals surface area contributed by atoms with E-state index in [1.807, 2.05) is 0 Å². The molecular weight excluding hydrogens is 116 g/mol. The molecule has 0 amide bonds. The van der Waals surface area contributed by atoms with Gasteiger partial charge in [-0.05, 0) is 13.3 Å². The van der Waals surface area contributed by atoms with Crippen molar-refractivity contribution in [2.45, 2.75) is 13.3 Å². The van der Waals surface area contributed by atoms with Crippen LogP contribution in [0.2, 0.25) is 0 Å². The molecule has 0 bridgehead atoms. The molecule has 2 heteroatoms. The summed E-state index contributed by atoms with van der Waals surface area (Å²) in [5, 5.41) is 0. The minimum atomic E-state index is 0.388. The van der Waals surface area contributed by atoms with Gasteiger partial charge in [0.15, 0.2) is 0 Å². The molecule has 0 aliphatic heterocycles. The molecule has 0 heterocycles. The molecule has 0 aliphatic rings. The normalized spacial score (nSPS) is 8.67. The van der Waals surface area contributed by atoms with E-state index in [1.54, 1.807) is 12.9 Å². The molecule has 0 saturated heterocycles. The first-order valence-electron chi connectivity index (χ1n) is 2.89. The minimum Gasteiger partial charge on any atom is -0.376 e. The molecule has 0 saturated carbocycles. The summed E-state index contributed by atoms with van der Waals surface area (Å²) in [6.07, 6.45) is 0.742. The van der Waals surface area contributed by atoms with Gasteiger partial charge in [-0.15, -0.1) is 0 Å². The fourth-order valence-electron chi connectivity index (χ4n) is 0.357. The number of hydrogen-bond acceptors (Lipinski definition) is 2. The van der Waals surface area contributed by atoms with Crippen LogP contribution in [0.1, 0.15) is 13.3 Å². The third-order valence-electron chi connectivity index (χ3n) is 0.781. The molecule has 1 radical (unpaired) electrons. The van der Waals surface area contributed by atoms with E-state index in [4.69, 9.17) is 4.74 Å². The van der Waals surface area contributed by atoms with E-state index in [0.29, 0.717) is 18.8 Å². The van der Waals surface area contributed by atoms with Crippen molar-refractivity contribution in [1.82, 2.24) is 0 Å². The molecule has 0 aliphatic carbocycles. The van der Waals surface area contributed by atoms with Crippen LogP contribution in [0, 0.1) is 6.92 Å². The summed E-state index contributed by atoms with van der Waals surface area (Å²) in [6.45, 7) is 6.26. The first kappa shape index (κ1) is 8.41. The molecule has 0 rings (SSSR count). The number of hydrogen-bond donors (Lipinski definition) is 0. The Kier molecular flexibility index (Phi) is 5.18. The van der Waals surface area contributed by atoms with Crippen LogP contribution in [-0.2, 0) is 9.53 Å². The monoisotopic (exact) mass is 127 g/mol. The van der Waals surface area contributed by atoms with Gasteiger partial charge in [-0.1, -0.05) is 6.92 Å². The second kappa shape index (κ2) is 5.54. The fourth-order valence-corrected chi connectivity index (χ4v) is 0.357. The Morgan fingerprint density at radius 1 is 1.78 bits per heavy atom. The van der Waals surface area contributed by atoms with Crippen LogP contribution in [0.3, 0.4) is 0 Å². The summed E-state index contributed by atoms with van der Waals surface area (Å²) >= 11 is 0. The summed E-state index contributed by atoms with van der Waals surface area (Å²) in [5.74, 6) is 1.75. The highest BCUT2D eigenvalue weighted by Gasteiger charge is 1.87. The van der Waals surface area contributed by atoms with E-state index in [-0.39, 0.29) is 0 Å². The molecule has 0 aromatic rings. The quantitative estimate of drug-likeness (QED) is 0.416. The lowest BCUT2D eigenvalue weighted by Gasteiger charge is -1.96. The average molecular weight is 127 g/mol. The number of rotatable bonds is 4. The van der Waals surface area contributed by atoms with Gasteiger partial charge in [-0.25, -0.2) is 4.79 Å². The fraction of sp³-hybridized carbons (Fsp3) is 0.571. The van der Waals surface area contributed by atoms with Crippen LogP contribution < -0.4 is 0 Å². The molecule has 51 valence electrons. The smallest absolute Gasteiger partial charge is 0.125 e. The van der Waals surface area contributed by atoms with Crippen LogP contribution in [-0.4, -0.2) is 19.2 Å². The third kappa shape index (κ3) is 5.28. The summed E-state index contributed by atoms with van der Waals surface area (Å²) in [6, 6.07) is 0. The standard InChI is InChI=1S/C7H11O2/c1-3-4-9-6-7(2)5-8/h1,3-4,6H2,2H3. The maximum absolute atomic E-state index is 9.84. The maximum Gasteiger partial charge on any atom is 0.125 e. The highest BCUT2D eigenvalue weighted by atomic mass is 16.5. The van der Waals surface area contributed by atoms with Crippen molar-refractivity contribution in [3.63, 3.8) is 0 Å². The molecule has 0 fully saturated rings. The lowest BCUT2D eigenvalue weighted by Crippen LogP contribution is -1.96. The highest BCUT2D eigenvalue weighted by Crippen LogP contribution is 1.87. The lowest BCUT2D eigenvalue weighted by atomic mass is 10.4. The molecule has 0 aromatic heterocycles. The summed E-state index contributed by atoms with van der Waals surface area (Å²) in [7, 11) is 0. The van der Waals surface area contributed by atoms with E-state index in [0.717, 1.165) is 6.42 Å². The Hall–Kier alpha value is -0.590. The van der Waals surface area contributed by atoms with E-state index >= 15 is 0 Å². The van der Waals surface area contributed by atoms with Gasteiger partial charge in [0.25, 0.3) is 0 Å². The van der Waals surface area contributed by atoms with E-state index < -0.39 is 0 Å². The van der Waals surface area contributed by atoms with Gasteiger partial charge in [-0.2, -0.15) is 0 Å². The van der Waals surface area contributed by atoms with Gasteiger partial charge >= 0.3 is 0 Å². The average Bonchev–Trinajstić information content (AvgIpc) is 1.89. The first-order chi connectivity index (χ1) is 4.31. The van der Waals surface area contributed by atoms with Crippen LogP contribution in [0.5, 0.6) is 0 Å². The topological polar surface area (TPSA) is 26.3 Å². The third-order valence-corrected chi connectivity index (χ3v) is 0.781. The number of ether oxygens (including phenoxy) is 1. The van der Waals surface area contributed by atoms with Crippen molar-refractivity contribution in [2.24, 2.45) is 0 Å². The van der Waals surface area contributed by atoms with E-state index in [9.17, 15) is 4.79 Å². The zero-order valence-corrected chi connectivity index (χ0v) is 5.64. The Balaban J connectivity index is 3.17. The predicted octanol–water partition coefficient (Wildman–Crippen LogP) is 1.01. The van der Waals surface area contributed by atoms with Crippen molar-refractivity contribution in [3.05, 3.63) is 12.5 Å². The van der Waals surface area contributed by atoms with E-state index in [1.165, 1.54) is 0 Å². The minimum absolute atomic E-state index is 0.388. The molecule has 0 aromatic carbocycles. The number of carbonyl (C=O) groups excluding carboxylic acids is 1.